The monoisotopic (exact) mass is 280 g/mol. The maximum absolute atomic E-state index is 11.4. The van der Waals surface area contributed by atoms with Gasteiger partial charge in [-0.05, 0) is 30.0 Å². The van der Waals surface area contributed by atoms with Crippen LogP contribution in [0.4, 0.5) is 10.5 Å². The van der Waals surface area contributed by atoms with E-state index in [-0.39, 0.29) is 6.09 Å². The predicted octanol–water partition coefficient (Wildman–Crippen LogP) is 3.02. The van der Waals surface area contributed by atoms with E-state index in [9.17, 15) is 4.79 Å². The lowest BCUT2D eigenvalue weighted by atomic mass is 10.1. The maximum atomic E-state index is 11.4. The van der Waals surface area contributed by atoms with Gasteiger partial charge in [0.15, 0.2) is 0 Å². The molecule has 2 rings (SSSR count). The van der Waals surface area contributed by atoms with Crippen LogP contribution in [0.15, 0.2) is 24.3 Å². The second kappa shape index (κ2) is 5.97. The molecule has 1 aliphatic rings. The molecular weight excluding hydrogens is 264 g/mol. The van der Waals surface area contributed by atoms with Crippen LogP contribution >= 0.6 is 11.6 Å². The van der Waals surface area contributed by atoms with E-state index in [4.69, 9.17) is 22.1 Å². The highest BCUT2D eigenvalue weighted by Gasteiger charge is 2.24. The Balaban J connectivity index is 1.96. The van der Waals surface area contributed by atoms with Gasteiger partial charge < -0.3 is 15.4 Å². The molecule has 102 valence electrons. The van der Waals surface area contributed by atoms with Crippen molar-refractivity contribution in [3.8, 4) is 0 Å². The molecule has 0 spiro atoms. The summed E-state index contributed by atoms with van der Waals surface area (Å²) < 4.78 is 4.71. The third kappa shape index (κ3) is 3.41. The van der Waals surface area contributed by atoms with Gasteiger partial charge in [-0.3, -0.25) is 0 Å². The summed E-state index contributed by atoms with van der Waals surface area (Å²) in [6.45, 7) is 1.44. The van der Waals surface area contributed by atoms with Crippen molar-refractivity contribution < 1.29 is 9.53 Å². The summed E-state index contributed by atoms with van der Waals surface area (Å²) in [7, 11) is 1.40. The van der Waals surface area contributed by atoms with Gasteiger partial charge in [-0.1, -0.05) is 29.8 Å². The molecule has 1 aliphatic heterocycles. The van der Waals surface area contributed by atoms with Gasteiger partial charge in [-0.2, -0.15) is 0 Å². The summed E-state index contributed by atoms with van der Waals surface area (Å²) in [6.07, 6.45) is 4.81. The number of nitrogens with two attached hydrogens (primary N) is 1. The van der Waals surface area contributed by atoms with Crippen molar-refractivity contribution in [2.45, 2.75) is 6.42 Å². The summed E-state index contributed by atoms with van der Waals surface area (Å²) >= 11 is 5.96. The molecule has 0 aromatic heterocycles. The summed E-state index contributed by atoms with van der Waals surface area (Å²) in [6, 6.07) is 5.54. The van der Waals surface area contributed by atoms with E-state index in [1.54, 1.807) is 11.0 Å². The fraction of sp³-hybridized carbons (Fsp3) is 0.357. The number of carbonyl (C=O) groups is 1. The first-order valence-corrected chi connectivity index (χ1v) is 6.54. The number of nitrogens with zero attached hydrogens (tertiary/aromatic N) is 1. The zero-order valence-corrected chi connectivity index (χ0v) is 11.6. The first-order chi connectivity index (χ1) is 9.10. The van der Waals surface area contributed by atoms with Gasteiger partial charge in [0, 0.05) is 13.1 Å². The summed E-state index contributed by atoms with van der Waals surface area (Å²) in [4.78, 5) is 13.1. The van der Waals surface area contributed by atoms with Crippen LogP contribution in [0.25, 0.3) is 6.08 Å². The molecule has 19 heavy (non-hydrogen) atoms. The molecular formula is C14H17ClN2O2. The highest BCUT2D eigenvalue weighted by atomic mass is 35.5. The number of hydrogen-bond donors (Lipinski definition) is 1. The molecule has 5 heteroatoms. The molecule has 0 saturated carbocycles. The topological polar surface area (TPSA) is 55.6 Å². The molecule has 1 heterocycles. The standard InChI is InChI=1S/C14H17ClN2O2/c1-19-14(18)17-7-6-11(9-17)3-2-10-4-5-13(16)12(15)8-10/h2-5,8,11H,6-7,9,16H2,1H3/b3-2+. The molecule has 1 saturated heterocycles. The molecule has 1 fully saturated rings. The Bertz CT molecular complexity index is 502. The van der Waals surface area contributed by atoms with Crippen LogP contribution in [0, 0.1) is 5.92 Å². The van der Waals surface area contributed by atoms with Crippen LogP contribution in [0.1, 0.15) is 12.0 Å². The van der Waals surface area contributed by atoms with E-state index < -0.39 is 0 Å². The maximum Gasteiger partial charge on any atom is 0.409 e. The molecule has 1 amide bonds. The number of likely N-dealkylation sites (tertiary alicyclic amines) is 1. The Morgan fingerprint density at radius 3 is 3.05 bits per heavy atom. The average molecular weight is 281 g/mol. The zero-order valence-electron chi connectivity index (χ0n) is 10.8. The van der Waals surface area contributed by atoms with E-state index in [2.05, 4.69) is 6.08 Å². The van der Waals surface area contributed by atoms with Crippen molar-refractivity contribution in [1.29, 1.82) is 0 Å². The Hall–Kier alpha value is -1.68. The fourth-order valence-corrected chi connectivity index (χ4v) is 2.32. The van der Waals surface area contributed by atoms with Gasteiger partial charge in [0.25, 0.3) is 0 Å². The number of methoxy groups -OCH3 is 1. The quantitative estimate of drug-likeness (QED) is 0.847. The van der Waals surface area contributed by atoms with Crippen LogP contribution in [-0.2, 0) is 4.74 Å². The minimum absolute atomic E-state index is 0.258. The minimum Gasteiger partial charge on any atom is -0.453 e. The van der Waals surface area contributed by atoms with Crippen LogP contribution in [0.5, 0.6) is 0 Å². The minimum atomic E-state index is -0.258. The Labute approximate surface area is 117 Å². The smallest absolute Gasteiger partial charge is 0.409 e. The van der Waals surface area contributed by atoms with E-state index in [0.29, 0.717) is 23.2 Å². The zero-order chi connectivity index (χ0) is 13.8. The molecule has 1 atom stereocenters. The second-order valence-corrected chi connectivity index (χ2v) is 5.01. The summed E-state index contributed by atoms with van der Waals surface area (Å²) in [5.74, 6) is 0.357. The second-order valence-electron chi connectivity index (χ2n) is 4.60. The molecule has 0 radical (unpaired) electrons. The lowest BCUT2D eigenvalue weighted by Gasteiger charge is -2.13. The van der Waals surface area contributed by atoms with E-state index >= 15 is 0 Å². The number of carbonyl (C=O) groups excluding carboxylic acids is 1. The number of benzene rings is 1. The Kier molecular flexibility index (Phi) is 4.32. The molecule has 1 aromatic carbocycles. The number of hydrogen-bond acceptors (Lipinski definition) is 3. The van der Waals surface area contributed by atoms with Gasteiger partial charge in [0.1, 0.15) is 0 Å². The van der Waals surface area contributed by atoms with Crippen LogP contribution in [-0.4, -0.2) is 31.2 Å². The normalized spacial score (nSPS) is 19.1. The Morgan fingerprint density at radius 2 is 2.37 bits per heavy atom. The van der Waals surface area contributed by atoms with Gasteiger partial charge in [0.2, 0.25) is 0 Å². The van der Waals surface area contributed by atoms with Crippen LogP contribution in [0.2, 0.25) is 5.02 Å². The molecule has 2 N–H and O–H groups in total. The van der Waals surface area contributed by atoms with Crippen molar-refractivity contribution in [2.75, 3.05) is 25.9 Å². The number of nitrogen functional groups attached to an aromatic ring is 1. The van der Waals surface area contributed by atoms with E-state index in [1.165, 1.54) is 7.11 Å². The Morgan fingerprint density at radius 1 is 1.58 bits per heavy atom. The third-order valence-corrected chi connectivity index (χ3v) is 3.57. The average Bonchev–Trinajstić information content (AvgIpc) is 2.88. The van der Waals surface area contributed by atoms with Crippen molar-refractivity contribution in [1.82, 2.24) is 4.90 Å². The highest BCUT2D eigenvalue weighted by Crippen LogP contribution is 2.23. The summed E-state index contributed by atoms with van der Waals surface area (Å²) in [5, 5.41) is 0.560. The first kappa shape index (κ1) is 13.7. The van der Waals surface area contributed by atoms with Crippen molar-refractivity contribution in [3.05, 3.63) is 34.9 Å². The van der Waals surface area contributed by atoms with Crippen molar-refractivity contribution in [3.63, 3.8) is 0 Å². The highest BCUT2D eigenvalue weighted by molar-refractivity contribution is 6.33. The van der Waals surface area contributed by atoms with E-state index in [0.717, 1.165) is 18.5 Å². The van der Waals surface area contributed by atoms with E-state index in [1.807, 2.05) is 18.2 Å². The van der Waals surface area contributed by atoms with Gasteiger partial charge in [-0.25, -0.2) is 4.79 Å². The lowest BCUT2D eigenvalue weighted by molar-refractivity contribution is 0.132. The largest absolute Gasteiger partial charge is 0.453 e. The number of anilines is 1. The molecule has 0 bridgehead atoms. The molecule has 1 aromatic rings. The summed E-state index contributed by atoms with van der Waals surface area (Å²) in [5.41, 5.74) is 7.25. The van der Waals surface area contributed by atoms with Gasteiger partial charge in [0.05, 0.1) is 17.8 Å². The number of amides is 1. The number of rotatable bonds is 2. The van der Waals surface area contributed by atoms with Crippen LogP contribution < -0.4 is 5.73 Å². The van der Waals surface area contributed by atoms with Crippen LogP contribution in [0.3, 0.4) is 0 Å². The van der Waals surface area contributed by atoms with Gasteiger partial charge in [-0.15, -0.1) is 0 Å². The fourth-order valence-electron chi connectivity index (χ4n) is 2.13. The SMILES string of the molecule is COC(=O)N1CCC(/C=C/c2ccc(N)c(Cl)c2)C1. The van der Waals surface area contributed by atoms with Gasteiger partial charge >= 0.3 is 6.09 Å². The molecule has 1 unspecified atom stereocenters. The third-order valence-electron chi connectivity index (χ3n) is 3.24. The number of halogens is 1. The predicted molar refractivity (Wildman–Crippen MR) is 77.0 cm³/mol. The van der Waals surface area contributed by atoms with Crippen molar-refractivity contribution in [2.24, 2.45) is 5.92 Å². The molecule has 4 nitrogen and oxygen atoms in total. The molecule has 0 aliphatic carbocycles. The lowest BCUT2D eigenvalue weighted by Crippen LogP contribution is -2.28. The first-order valence-electron chi connectivity index (χ1n) is 6.16. The van der Waals surface area contributed by atoms with Crippen molar-refractivity contribution >= 4 is 29.5 Å². The number of ether oxygens (including phenoxy) is 1.